The van der Waals surface area contributed by atoms with Crippen molar-refractivity contribution in [3.63, 3.8) is 0 Å². The van der Waals surface area contributed by atoms with E-state index in [4.69, 9.17) is 22.9 Å². The standard InChI is InChI=1S/2C16H20N2/c2*1-9-5-13(6-10(2)15(9)17)14-7-11(3)16(18)12(4)8-14/h2*5-8H,17-18H2,1-4H3. The van der Waals surface area contributed by atoms with Gasteiger partial charge in [0.1, 0.15) is 0 Å². The summed E-state index contributed by atoms with van der Waals surface area (Å²) >= 11 is 0. The summed E-state index contributed by atoms with van der Waals surface area (Å²) in [5, 5.41) is 0. The summed E-state index contributed by atoms with van der Waals surface area (Å²) in [5.74, 6) is 0. The van der Waals surface area contributed by atoms with Crippen LogP contribution in [0.25, 0.3) is 22.3 Å². The Hall–Kier alpha value is -3.92. The van der Waals surface area contributed by atoms with E-state index in [0.717, 1.165) is 67.3 Å². The summed E-state index contributed by atoms with van der Waals surface area (Å²) in [5.41, 5.74) is 41.3. The molecule has 0 saturated heterocycles. The Labute approximate surface area is 216 Å². The molecule has 0 bridgehead atoms. The molecule has 4 nitrogen and oxygen atoms in total. The van der Waals surface area contributed by atoms with E-state index >= 15 is 0 Å². The minimum Gasteiger partial charge on any atom is -0.398 e. The van der Waals surface area contributed by atoms with Gasteiger partial charge in [0.2, 0.25) is 0 Å². The van der Waals surface area contributed by atoms with Gasteiger partial charge in [0.05, 0.1) is 0 Å². The van der Waals surface area contributed by atoms with Gasteiger partial charge in [0, 0.05) is 22.7 Å². The fourth-order valence-electron chi connectivity index (χ4n) is 4.57. The van der Waals surface area contributed by atoms with Crippen molar-refractivity contribution >= 4 is 22.7 Å². The van der Waals surface area contributed by atoms with Crippen LogP contribution in [0.1, 0.15) is 44.5 Å². The van der Waals surface area contributed by atoms with Crippen molar-refractivity contribution in [2.45, 2.75) is 55.4 Å². The summed E-state index contributed by atoms with van der Waals surface area (Å²) in [6.07, 6.45) is 0. The van der Waals surface area contributed by atoms with Gasteiger partial charge in [-0.2, -0.15) is 0 Å². The molecule has 188 valence electrons. The zero-order valence-electron chi connectivity index (χ0n) is 22.9. The van der Waals surface area contributed by atoms with Gasteiger partial charge in [-0.05, 0) is 171 Å². The molecule has 0 aliphatic rings. The molecule has 4 aromatic rings. The highest BCUT2D eigenvalue weighted by atomic mass is 14.6. The second kappa shape index (κ2) is 10.4. The van der Waals surface area contributed by atoms with E-state index < -0.39 is 0 Å². The Kier molecular flexibility index (Phi) is 7.68. The number of rotatable bonds is 2. The first-order valence-electron chi connectivity index (χ1n) is 12.3. The Morgan fingerprint density at radius 1 is 0.278 bits per heavy atom. The van der Waals surface area contributed by atoms with Gasteiger partial charge in [-0.15, -0.1) is 0 Å². The van der Waals surface area contributed by atoms with Crippen LogP contribution in [0, 0.1) is 55.4 Å². The maximum Gasteiger partial charge on any atom is 0.0373 e. The highest BCUT2D eigenvalue weighted by Crippen LogP contribution is 2.31. The van der Waals surface area contributed by atoms with E-state index in [-0.39, 0.29) is 0 Å². The minimum absolute atomic E-state index is 0.877. The number of hydrogen-bond donors (Lipinski definition) is 4. The zero-order valence-corrected chi connectivity index (χ0v) is 22.9. The SMILES string of the molecule is Cc1cc(-c2cc(C)c(N)c(C)c2)cc(C)c1N.Cc1cc(-c2cc(C)c(N)c(C)c2)cc(C)c1N. The third-order valence-electron chi connectivity index (χ3n) is 7.04. The first-order valence-corrected chi connectivity index (χ1v) is 12.3. The number of nitrogens with two attached hydrogens (primary N) is 4. The van der Waals surface area contributed by atoms with Crippen molar-refractivity contribution in [3.05, 3.63) is 93.0 Å². The first-order chi connectivity index (χ1) is 16.8. The lowest BCUT2D eigenvalue weighted by Crippen LogP contribution is -1.97. The molecular weight excluding hydrogens is 440 g/mol. The molecule has 0 aliphatic heterocycles. The Bertz CT molecular complexity index is 1130. The second-order valence-corrected chi connectivity index (χ2v) is 10.1. The molecule has 0 radical (unpaired) electrons. The maximum absolute atomic E-state index is 5.99. The van der Waals surface area contributed by atoms with Crippen LogP contribution < -0.4 is 22.9 Å². The largest absolute Gasteiger partial charge is 0.398 e. The smallest absolute Gasteiger partial charge is 0.0373 e. The molecule has 0 spiro atoms. The number of anilines is 4. The van der Waals surface area contributed by atoms with Crippen molar-refractivity contribution in [1.29, 1.82) is 0 Å². The van der Waals surface area contributed by atoms with E-state index in [0.29, 0.717) is 0 Å². The number of nitrogen functional groups attached to an aromatic ring is 4. The van der Waals surface area contributed by atoms with E-state index in [1.807, 2.05) is 55.4 Å². The lowest BCUT2D eigenvalue weighted by atomic mass is 9.95. The molecule has 8 N–H and O–H groups in total. The predicted octanol–water partition coefficient (Wildman–Crippen LogP) is 7.50. The van der Waals surface area contributed by atoms with E-state index in [2.05, 4.69) is 48.5 Å². The lowest BCUT2D eigenvalue weighted by molar-refractivity contribution is 1.36. The van der Waals surface area contributed by atoms with Gasteiger partial charge >= 0.3 is 0 Å². The molecule has 0 aromatic heterocycles. The van der Waals surface area contributed by atoms with Crippen LogP contribution in [0.15, 0.2) is 48.5 Å². The molecule has 0 aliphatic carbocycles. The average Bonchev–Trinajstić information content (AvgIpc) is 2.82. The van der Waals surface area contributed by atoms with Crippen LogP contribution in [0.5, 0.6) is 0 Å². The van der Waals surface area contributed by atoms with Crippen molar-refractivity contribution in [2.24, 2.45) is 0 Å². The molecule has 0 fully saturated rings. The molecule has 0 saturated carbocycles. The van der Waals surface area contributed by atoms with Crippen LogP contribution in [-0.2, 0) is 0 Å². The van der Waals surface area contributed by atoms with E-state index in [1.54, 1.807) is 0 Å². The van der Waals surface area contributed by atoms with Crippen molar-refractivity contribution < 1.29 is 0 Å². The highest BCUT2D eigenvalue weighted by molar-refractivity contribution is 5.75. The Morgan fingerprint density at radius 3 is 0.500 bits per heavy atom. The van der Waals surface area contributed by atoms with Crippen LogP contribution in [0.3, 0.4) is 0 Å². The minimum atomic E-state index is 0.877. The summed E-state index contributed by atoms with van der Waals surface area (Å²) in [6.45, 7) is 16.4. The topological polar surface area (TPSA) is 104 Å². The molecule has 0 heterocycles. The lowest BCUT2D eigenvalue weighted by Gasteiger charge is -2.12. The average molecular weight is 481 g/mol. The first kappa shape index (κ1) is 26.7. The summed E-state index contributed by atoms with van der Waals surface area (Å²) < 4.78 is 0. The van der Waals surface area contributed by atoms with Crippen molar-refractivity contribution in [2.75, 3.05) is 22.9 Å². The van der Waals surface area contributed by atoms with Crippen LogP contribution in [0.4, 0.5) is 22.7 Å². The summed E-state index contributed by atoms with van der Waals surface area (Å²) in [4.78, 5) is 0. The molecule has 0 unspecified atom stereocenters. The van der Waals surface area contributed by atoms with Gasteiger partial charge in [-0.1, -0.05) is 0 Å². The van der Waals surface area contributed by atoms with E-state index in [9.17, 15) is 0 Å². The molecule has 0 atom stereocenters. The third kappa shape index (κ3) is 5.49. The predicted molar refractivity (Wildman–Crippen MR) is 159 cm³/mol. The molecule has 4 rings (SSSR count). The summed E-state index contributed by atoms with van der Waals surface area (Å²) in [6, 6.07) is 17.1. The van der Waals surface area contributed by atoms with Gasteiger partial charge in [0.25, 0.3) is 0 Å². The molecule has 4 heteroatoms. The normalized spacial score (nSPS) is 10.7. The van der Waals surface area contributed by atoms with Gasteiger partial charge < -0.3 is 22.9 Å². The quantitative estimate of drug-likeness (QED) is 0.223. The fraction of sp³-hybridized carbons (Fsp3) is 0.250. The van der Waals surface area contributed by atoms with Gasteiger partial charge in [-0.3, -0.25) is 0 Å². The third-order valence-corrected chi connectivity index (χ3v) is 7.04. The van der Waals surface area contributed by atoms with E-state index in [1.165, 1.54) is 22.3 Å². The van der Waals surface area contributed by atoms with Crippen LogP contribution in [-0.4, -0.2) is 0 Å². The maximum atomic E-state index is 5.99. The Balaban J connectivity index is 0.000000201. The van der Waals surface area contributed by atoms with Crippen LogP contribution >= 0.6 is 0 Å². The number of hydrogen-bond acceptors (Lipinski definition) is 4. The van der Waals surface area contributed by atoms with Gasteiger partial charge in [0.15, 0.2) is 0 Å². The molecule has 4 aromatic carbocycles. The summed E-state index contributed by atoms with van der Waals surface area (Å²) in [7, 11) is 0. The fourth-order valence-corrected chi connectivity index (χ4v) is 4.57. The van der Waals surface area contributed by atoms with Crippen LogP contribution in [0.2, 0.25) is 0 Å². The molecular formula is C32H40N4. The second-order valence-electron chi connectivity index (χ2n) is 10.1. The number of benzene rings is 4. The zero-order chi connectivity index (χ0) is 26.9. The monoisotopic (exact) mass is 480 g/mol. The molecule has 0 amide bonds. The number of aryl methyl sites for hydroxylation is 8. The van der Waals surface area contributed by atoms with Gasteiger partial charge in [-0.25, -0.2) is 0 Å². The highest BCUT2D eigenvalue weighted by Gasteiger charge is 2.08. The van der Waals surface area contributed by atoms with Crippen molar-refractivity contribution in [1.82, 2.24) is 0 Å². The van der Waals surface area contributed by atoms with Crippen molar-refractivity contribution in [3.8, 4) is 22.3 Å². The Morgan fingerprint density at radius 2 is 0.389 bits per heavy atom. The molecule has 36 heavy (non-hydrogen) atoms.